The molecule has 1 aliphatic heterocycles. The molecule has 2 heterocycles. The first-order valence-corrected chi connectivity index (χ1v) is 8.81. The summed E-state index contributed by atoms with van der Waals surface area (Å²) in [5, 5.41) is 10.8. The molecule has 3 aromatic rings. The van der Waals surface area contributed by atoms with E-state index in [9.17, 15) is 4.79 Å². The fraction of sp³-hybridized carbons (Fsp3) is 0.300. The van der Waals surface area contributed by atoms with Crippen LogP contribution in [-0.2, 0) is 13.0 Å². The van der Waals surface area contributed by atoms with E-state index in [0.29, 0.717) is 18.7 Å². The summed E-state index contributed by atoms with van der Waals surface area (Å²) in [6, 6.07) is 9.55. The lowest BCUT2D eigenvalue weighted by atomic mass is 10.1. The number of benzene rings is 2. The summed E-state index contributed by atoms with van der Waals surface area (Å²) >= 11 is 0. The number of rotatable bonds is 5. The number of nitrogens with zero attached hydrogens (tertiary/aromatic N) is 1. The second-order valence-corrected chi connectivity index (χ2v) is 6.46. The fourth-order valence-electron chi connectivity index (χ4n) is 3.34. The van der Waals surface area contributed by atoms with Crippen molar-refractivity contribution in [3.05, 3.63) is 53.2 Å². The average Bonchev–Trinajstić information content (AvgIpc) is 3.24. The first-order valence-electron chi connectivity index (χ1n) is 8.81. The zero-order chi connectivity index (χ0) is 18.1. The van der Waals surface area contributed by atoms with Crippen LogP contribution >= 0.6 is 0 Å². The number of nitrogens with one attached hydrogen (secondary N) is 2. The van der Waals surface area contributed by atoms with Gasteiger partial charge in [-0.3, -0.25) is 9.89 Å². The van der Waals surface area contributed by atoms with Gasteiger partial charge in [0.1, 0.15) is 17.6 Å². The zero-order valence-electron chi connectivity index (χ0n) is 14.8. The summed E-state index contributed by atoms with van der Waals surface area (Å²) in [6.07, 6.45) is 2.75. The molecule has 1 atom stereocenters. The minimum atomic E-state index is -0.155. The number of aromatic nitrogens is 2. The summed E-state index contributed by atoms with van der Waals surface area (Å²) < 4.78 is 11.6. The normalized spacial score (nSPS) is 15.5. The SMILES string of the molecule is CCOc1cc2c(cc1CNC(=O)c1cccc3cn[nH]c13)O[C@@H](C)C2. The minimum Gasteiger partial charge on any atom is -0.494 e. The molecule has 6 heteroatoms. The smallest absolute Gasteiger partial charge is 0.253 e. The second-order valence-electron chi connectivity index (χ2n) is 6.46. The van der Waals surface area contributed by atoms with E-state index in [1.54, 1.807) is 12.3 Å². The molecule has 6 nitrogen and oxygen atoms in total. The first kappa shape index (κ1) is 16.4. The summed E-state index contributed by atoms with van der Waals surface area (Å²) in [6.45, 7) is 4.94. The first-order chi connectivity index (χ1) is 12.7. The molecule has 0 saturated carbocycles. The van der Waals surface area contributed by atoms with Crippen molar-refractivity contribution in [2.24, 2.45) is 0 Å². The molecule has 0 radical (unpaired) electrons. The molecule has 0 saturated heterocycles. The number of fused-ring (bicyclic) bond motifs is 2. The van der Waals surface area contributed by atoms with Gasteiger partial charge in [0.15, 0.2) is 0 Å². The number of para-hydroxylation sites is 1. The molecular formula is C20H21N3O3. The van der Waals surface area contributed by atoms with Crippen LogP contribution in [0.1, 0.15) is 35.3 Å². The molecule has 4 rings (SSSR count). The van der Waals surface area contributed by atoms with Crippen LogP contribution in [0.3, 0.4) is 0 Å². The largest absolute Gasteiger partial charge is 0.494 e. The van der Waals surface area contributed by atoms with Crippen molar-refractivity contribution >= 4 is 16.8 Å². The van der Waals surface area contributed by atoms with Gasteiger partial charge in [0.25, 0.3) is 5.91 Å². The van der Waals surface area contributed by atoms with E-state index >= 15 is 0 Å². The maximum absolute atomic E-state index is 12.7. The van der Waals surface area contributed by atoms with Crippen LogP contribution in [0.25, 0.3) is 10.9 Å². The van der Waals surface area contributed by atoms with Crippen LogP contribution < -0.4 is 14.8 Å². The van der Waals surface area contributed by atoms with Crippen LogP contribution in [0.15, 0.2) is 36.5 Å². The number of H-pyrrole nitrogens is 1. The summed E-state index contributed by atoms with van der Waals surface area (Å²) in [5.74, 6) is 1.52. The Morgan fingerprint density at radius 2 is 2.31 bits per heavy atom. The van der Waals surface area contributed by atoms with E-state index in [1.165, 1.54) is 0 Å². The molecule has 26 heavy (non-hydrogen) atoms. The number of carbonyl (C=O) groups is 1. The molecule has 0 bridgehead atoms. The molecule has 0 fully saturated rings. The van der Waals surface area contributed by atoms with Gasteiger partial charge in [-0.05, 0) is 32.0 Å². The monoisotopic (exact) mass is 351 g/mol. The van der Waals surface area contributed by atoms with Crippen LogP contribution in [-0.4, -0.2) is 28.8 Å². The average molecular weight is 351 g/mol. The van der Waals surface area contributed by atoms with E-state index in [1.807, 2.05) is 38.1 Å². The predicted octanol–water partition coefficient (Wildman–Crippen LogP) is 3.22. The standard InChI is InChI=1S/C20H21N3O3/c1-3-25-17-8-14-7-12(2)26-18(14)9-15(17)10-21-20(24)16-6-4-5-13-11-22-23-19(13)16/h4-6,8-9,11-12H,3,7,10H2,1-2H3,(H,21,24)(H,22,23)/t12-/m0/s1. The molecule has 134 valence electrons. The lowest BCUT2D eigenvalue weighted by Gasteiger charge is -2.13. The number of aromatic amines is 1. The Hall–Kier alpha value is -3.02. The second kappa shape index (κ2) is 6.71. The maximum Gasteiger partial charge on any atom is 0.253 e. The molecule has 1 aliphatic rings. The van der Waals surface area contributed by atoms with Crippen LogP contribution in [0.2, 0.25) is 0 Å². The van der Waals surface area contributed by atoms with Gasteiger partial charge in [-0.25, -0.2) is 0 Å². The quantitative estimate of drug-likeness (QED) is 0.740. The molecule has 1 aromatic heterocycles. The summed E-state index contributed by atoms with van der Waals surface area (Å²) in [5.41, 5.74) is 3.37. The number of amides is 1. The highest BCUT2D eigenvalue weighted by atomic mass is 16.5. The lowest BCUT2D eigenvalue weighted by molar-refractivity contribution is 0.0952. The van der Waals surface area contributed by atoms with Gasteiger partial charge in [-0.15, -0.1) is 0 Å². The van der Waals surface area contributed by atoms with Crippen molar-refractivity contribution in [3.63, 3.8) is 0 Å². The van der Waals surface area contributed by atoms with Crippen molar-refractivity contribution in [2.75, 3.05) is 6.61 Å². The zero-order valence-corrected chi connectivity index (χ0v) is 14.8. The third-order valence-corrected chi connectivity index (χ3v) is 4.54. The Bertz CT molecular complexity index is 964. The third kappa shape index (κ3) is 2.98. The highest BCUT2D eigenvalue weighted by Gasteiger charge is 2.22. The van der Waals surface area contributed by atoms with Gasteiger partial charge in [0, 0.05) is 29.5 Å². The highest BCUT2D eigenvalue weighted by molar-refractivity contribution is 6.05. The van der Waals surface area contributed by atoms with Gasteiger partial charge in [-0.2, -0.15) is 5.10 Å². The van der Waals surface area contributed by atoms with Crippen LogP contribution in [0, 0.1) is 0 Å². The van der Waals surface area contributed by atoms with E-state index < -0.39 is 0 Å². The summed E-state index contributed by atoms with van der Waals surface area (Å²) in [4.78, 5) is 12.7. The number of hydrogen-bond donors (Lipinski definition) is 2. The number of ether oxygens (including phenoxy) is 2. The van der Waals surface area contributed by atoms with Gasteiger partial charge in [0.2, 0.25) is 0 Å². The third-order valence-electron chi connectivity index (χ3n) is 4.54. The highest BCUT2D eigenvalue weighted by Crippen LogP contribution is 2.35. The lowest BCUT2D eigenvalue weighted by Crippen LogP contribution is -2.23. The van der Waals surface area contributed by atoms with E-state index in [-0.39, 0.29) is 12.0 Å². The van der Waals surface area contributed by atoms with Crippen molar-refractivity contribution in [2.45, 2.75) is 32.9 Å². The molecule has 0 spiro atoms. The molecule has 0 unspecified atom stereocenters. The van der Waals surface area contributed by atoms with Crippen LogP contribution in [0.5, 0.6) is 11.5 Å². The van der Waals surface area contributed by atoms with Gasteiger partial charge < -0.3 is 14.8 Å². The maximum atomic E-state index is 12.7. The summed E-state index contributed by atoms with van der Waals surface area (Å²) in [7, 11) is 0. The van der Waals surface area contributed by atoms with Crippen LogP contribution in [0.4, 0.5) is 0 Å². The van der Waals surface area contributed by atoms with Crippen molar-refractivity contribution in [1.82, 2.24) is 15.5 Å². The van der Waals surface area contributed by atoms with E-state index in [4.69, 9.17) is 9.47 Å². The Labute approximate surface area is 151 Å². The van der Waals surface area contributed by atoms with Gasteiger partial charge in [-0.1, -0.05) is 12.1 Å². The van der Waals surface area contributed by atoms with Gasteiger partial charge in [0.05, 0.1) is 23.9 Å². The molecule has 2 aromatic carbocycles. The Morgan fingerprint density at radius 3 is 3.15 bits per heavy atom. The van der Waals surface area contributed by atoms with E-state index in [0.717, 1.165) is 39.9 Å². The Kier molecular flexibility index (Phi) is 4.24. The predicted molar refractivity (Wildman–Crippen MR) is 98.7 cm³/mol. The fourth-order valence-corrected chi connectivity index (χ4v) is 3.34. The Morgan fingerprint density at radius 1 is 1.42 bits per heavy atom. The van der Waals surface area contributed by atoms with Crippen molar-refractivity contribution < 1.29 is 14.3 Å². The topological polar surface area (TPSA) is 76.2 Å². The minimum absolute atomic E-state index is 0.155. The van der Waals surface area contributed by atoms with Gasteiger partial charge >= 0.3 is 0 Å². The number of hydrogen-bond acceptors (Lipinski definition) is 4. The van der Waals surface area contributed by atoms with Crippen molar-refractivity contribution in [1.29, 1.82) is 0 Å². The molecule has 1 amide bonds. The molecular weight excluding hydrogens is 330 g/mol. The van der Waals surface area contributed by atoms with Crippen molar-refractivity contribution in [3.8, 4) is 11.5 Å². The Balaban J connectivity index is 1.56. The number of carbonyl (C=O) groups excluding carboxylic acids is 1. The van der Waals surface area contributed by atoms with E-state index in [2.05, 4.69) is 15.5 Å². The molecule has 0 aliphatic carbocycles. The molecule has 2 N–H and O–H groups in total.